The number of aryl methyl sites for hydroxylation is 1. The van der Waals surface area contributed by atoms with E-state index in [-0.39, 0.29) is 0 Å². The van der Waals surface area contributed by atoms with Crippen molar-refractivity contribution in [2.75, 3.05) is 6.54 Å². The lowest BCUT2D eigenvalue weighted by Crippen LogP contribution is -2.47. The molecule has 2 saturated carbocycles. The highest BCUT2D eigenvalue weighted by molar-refractivity contribution is 5.80. The Bertz CT molecular complexity index is 593. The molecule has 0 atom stereocenters. The van der Waals surface area contributed by atoms with E-state index < -0.39 is 0 Å². The molecule has 0 radical (unpaired) electrons. The molecule has 3 rings (SSSR count). The van der Waals surface area contributed by atoms with Gasteiger partial charge in [-0.3, -0.25) is 0 Å². The van der Waals surface area contributed by atoms with E-state index in [9.17, 15) is 0 Å². The molecule has 0 bridgehead atoms. The Labute approximate surface area is 158 Å². The molecule has 0 aromatic carbocycles. The van der Waals surface area contributed by atoms with E-state index >= 15 is 0 Å². The largest absolute Gasteiger partial charge is 0.356 e. The van der Waals surface area contributed by atoms with Gasteiger partial charge in [-0.15, -0.1) is 10.2 Å². The lowest BCUT2D eigenvalue weighted by atomic mass is 9.83. The summed E-state index contributed by atoms with van der Waals surface area (Å²) in [6.45, 7) is 5.91. The van der Waals surface area contributed by atoms with Crippen LogP contribution in [0.2, 0.25) is 0 Å². The third-order valence-corrected chi connectivity index (χ3v) is 6.55. The van der Waals surface area contributed by atoms with E-state index in [4.69, 9.17) is 4.99 Å². The normalized spacial score (nSPS) is 21.1. The number of aromatic nitrogens is 3. The first-order valence-corrected chi connectivity index (χ1v) is 10.5. The van der Waals surface area contributed by atoms with Gasteiger partial charge in [-0.1, -0.05) is 39.0 Å². The molecule has 1 aromatic heterocycles. The van der Waals surface area contributed by atoms with E-state index in [0.29, 0.717) is 18.0 Å². The summed E-state index contributed by atoms with van der Waals surface area (Å²) < 4.78 is 2.02. The number of hydrogen-bond acceptors (Lipinski definition) is 3. The van der Waals surface area contributed by atoms with Crippen molar-refractivity contribution in [1.29, 1.82) is 0 Å². The molecule has 6 heteroatoms. The Morgan fingerprint density at radius 1 is 1.15 bits per heavy atom. The molecular weight excluding hydrogens is 324 g/mol. The van der Waals surface area contributed by atoms with Gasteiger partial charge < -0.3 is 15.2 Å². The lowest BCUT2D eigenvalue weighted by Gasteiger charge is -2.30. The van der Waals surface area contributed by atoms with Crippen LogP contribution >= 0.6 is 0 Å². The molecule has 1 heterocycles. The fraction of sp³-hybridized carbons (Fsp3) is 0.850. The molecule has 0 saturated heterocycles. The summed E-state index contributed by atoms with van der Waals surface area (Å²) in [6.07, 6.45) is 13.2. The molecule has 26 heavy (non-hydrogen) atoms. The van der Waals surface area contributed by atoms with Crippen molar-refractivity contribution in [2.45, 2.75) is 90.6 Å². The molecule has 0 aliphatic heterocycles. The minimum atomic E-state index is 0.455. The number of nitrogens with zero attached hydrogens (tertiary/aromatic N) is 4. The van der Waals surface area contributed by atoms with E-state index in [1.165, 1.54) is 64.2 Å². The Morgan fingerprint density at radius 2 is 1.88 bits per heavy atom. The highest BCUT2D eigenvalue weighted by Crippen LogP contribution is 2.40. The molecule has 0 amide bonds. The number of guanidine groups is 1. The molecule has 1 aromatic rings. The van der Waals surface area contributed by atoms with Crippen LogP contribution in [0.15, 0.2) is 4.99 Å². The maximum absolute atomic E-state index is 4.86. The van der Waals surface area contributed by atoms with Crippen molar-refractivity contribution >= 4 is 5.96 Å². The zero-order valence-corrected chi connectivity index (χ0v) is 16.9. The Balaban J connectivity index is 1.65. The third-order valence-electron chi connectivity index (χ3n) is 6.55. The summed E-state index contributed by atoms with van der Waals surface area (Å²) in [4.78, 5) is 4.86. The molecule has 0 spiro atoms. The number of nitrogens with one attached hydrogen (secondary N) is 2. The van der Waals surface area contributed by atoms with Crippen LogP contribution in [0.4, 0.5) is 0 Å². The predicted molar refractivity (Wildman–Crippen MR) is 106 cm³/mol. The zero-order chi connectivity index (χ0) is 18.4. The van der Waals surface area contributed by atoms with Gasteiger partial charge in [-0.25, -0.2) is 4.99 Å². The Hall–Kier alpha value is -1.59. The van der Waals surface area contributed by atoms with Gasteiger partial charge in [0, 0.05) is 19.6 Å². The van der Waals surface area contributed by atoms with E-state index in [1.54, 1.807) is 0 Å². The first-order chi connectivity index (χ1) is 12.6. The second-order valence-corrected chi connectivity index (χ2v) is 8.28. The SMILES string of the molecule is CCC1(CNC(=NCc2nnc(C)n2C)NC2CCCCC2)CCCC1. The van der Waals surface area contributed by atoms with E-state index in [0.717, 1.165) is 24.2 Å². The molecule has 2 aliphatic carbocycles. The van der Waals surface area contributed by atoms with Gasteiger partial charge in [-0.2, -0.15) is 0 Å². The molecule has 6 nitrogen and oxygen atoms in total. The van der Waals surface area contributed by atoms with Crippen LogP contribution in [0, 0.1) is 12.3 Å². The van der Waals surface area contributed by atoms with E-state index in [1.807, 2.05) is 18.5 Å². The molecule has 2 N–H and O–H groups in total. The predicted octanol–water partition coefficient (Wildman–Crippen LogP) is 3.46. The lowest BCUT2D eigenvalue weighted by molar-refractivity contribution is 0.282. The molecular formula is C20H36N6. The van der Waals surface area contributed by atoms with Gasteiger partial charge in [0.25, 0.3) is 0 Å². The van der Waals surface area contributed by atoms with Crippen LogP contribution in [-0.2, 0) is 13.6 Å². The number of aliphatic imine (C=N–C) groups is 1. The van der Waals surface area contributed by atoms with Crippen molar-refractivity contribution in [3.63, 3.8) is 0 Å². The quantitative estimate of drug-likeness (QED) is 0.602. The van der Waals surface area contributed by atoms with Crippen LogP contribution in [-0.4, -0.2) is 33.3 Å². The third kappa shape index (κ3) is 4.77. The summed E-state index contributed by atoms with van der Waals surface area (Å²) in [5, 5.41) is 15.8. The van der Waals surface area contributed by atoms with Gasteiger partial charge >= 0.3 is 0 Å². The average molecular weight is 361 g/mol. The first kappa shape index (κ1) is 19.2. The molecule has 2 aliphatic rings. The number of rotatable bonds is 6. The van der Waals surface area contributed by atoms with Crippen molar-refractivity contribution < 1.29 is 0 Å². The second kappa shape index (κ2) is 8.87. The minimum absolute atomic E-state index is 0.455. The van der Waals surface area contributed by atoms with Crippen LogP contribution in [0.25, 0.3) is 0 Å². The summed E-state index contributed by atoms with van der Waals surface area (Å²) in [5.41, 5.74) is 0.455. The van der Waals surface area contributed by atoms with Crippen LogP contribution in [0.1, 0.15) is 82.8 Å². The van der Waals surface area contributed by atoms with Gasteiger partial charge in [0.2, 0.25) is 0 Å². The van der Waals surface area contributed by atoms with Gasteiger partial charge in [0.15, 0.2) is 11.8 Å². The molecule has 0 unspecified atom stereocenters. The van der Waals surface area contributed by atoms with Crippen LogP contribution in [0.5, 0.6) is 0 Å². The summed E-state index contributed by atoms with van der Waals surface area (Å²) >= 11 is 0. The topological polar surface area (TPSA) is 67.1 Å². The van der Waals surface area contributed by atoms with Crippen molar-refractivity contribution in [3.8, 4) is 0 Å². The van der Waals surface area contributed by atoms with Crippen LogP contribution in [0.3, 0.4) is 0 Å². The fourth-order valence-corrected chi connectivity index (χ4v) is 4.38. The van der Waals surface area contributed by atoms with Crippen molar-refractivity contribution in [1.82, 2.24) is 25.4 Å². The number of hydrogen-bond donors (Lipinski definition) is 2. The summed E-state index contributed by atoms with van der Waals surface area (Å²) in [7, 11) is 2.01. The summed E-state index contributed by atoms with van der Waals surface area (Å²) in [5.74, 6) is 2.80. The smallest absolute Gasteiger partial charge is 0.191 e. The minimum Gasteiger partial charge on any atom is -0.356 e. The highest BCUT2D eigenvalue weighted by Gasteiger charge is 2.32. The molecule has 2 fully saturated rings. The van der Waals surface area contributed by atoms with Gasteiger partial charge in [0.1, 0.15) is 12.4 Å². The standard InChI is InChI=1S/C20H36N6/c1-4-20(12-8-9-13-20)15-22-19(23-17-10-6-5-7-11-17)21-14-18-25-24-16(2)26(18)3/h17H,4-15H2,1-3H3,(H2,21,22,23). The molecule has 146 valence electrons. The van der Waals surface area contributed by atoms with Gasteiger partial charge in [0.05, 0.1) is 0 Å². The average Bonchev–Trinajstić information content (AvgIpc) is 3.27. The maximum Gasteiger partial charge on any atom is 0.191 e. The highest BCUT2D eigenvalue weighted by atomic mass is 15.3. The Kier molecular flexibility index (Phi) is 6.54. The van der Waals surface area contributed by atoms with Gasteiger partial charge in [-0.05, 0) is 44.4 Å². The van der Waals surface area contributed by atoms with Crippen molar-refractivity contribution in [2.24, 2.45) is 17.5 Å². The second-order valence-electron chi connectivity index (χ2n) is 8.28. The van der Waals surface area contributed by atoms with Crippen molar-refractivity contribution in [3.05, 3.63) is 11.6 Å². The monoisotopic (exact) mass is 360 g/mol. The first-order valence-electron chi connectivity index (χ1n) is 10.5. The Morgan fingerprint density at radius 3 is 2.50 bits per heavy atom. The zero-order valence-electron chi connectivity index (χ0n) is 16.9. The summed E-state index contributed by atoms with van der Waals surface area (Å²) in [6, 6.07) is 0.553. The maximum atomic E-state index is 4.86. The fourth-order valence-electron chi connectivity index (χ4n) is 4.38. The van der Waals surface area contributed by atoms with E-state index in [2.05, 4.69) is 27.8 Å². The van der Waals surface area contributed by atoms with Crippen LogP contribution < -0.4 is 10.6 Å².